The van der Waals surface area contributed by atoms with Gasteiger partial charge in [-0.1, -0.05) is 24.3 Å². The molecule has 1 aromatic carbocycles. The first-order chi connectivity index (χ1) is 8.66. The number of ether oxygens (including phenoxy) is 2. The summed E-state index contributed by atoms with van der Waals surface area (Å²) in [6.07, 6.45) is -3.55. The van der Waals surface area contributed by atoms with Crippen LogP contribution in [0.2, 0.25) is 0 Å². The zero-order valence-electron chi connectivity index (χ0n) is 9.77. The fourth-order valence-corrected chi connectivity index (χ4v) is 2.62. The van der Waals surface area contributed by atoms with E-state index < -0.39 is 30.7 Å². The minimum Gasteiger partial charge on any atom is -0.388 e. The van der Waals surface area contributed by atoms with Crippen LogP contribution in [0.15, 0.2) is 24.3 Å². The summed E-state index contributed by atoms with van der Waals surface area (Å²) in [5.74, 6) is 0. The Kier molecular flexibility index (Phi) is 3.09. The molecule has 1 saturated heterocycles. The van der Waals surface area contributed by atoms with Crippen LogP contribution >= 0.6 is 0 Å². The predicted octanol–water partition coefficient (Wildman–Crippen LogP) is -0.261. The molecule has 98 valence electrons. The highest BCUT2D eigenvalue weighted by Crippen LogP contribution is 2.36. The van der Waals surface area contributed by atoms with Crippen LogP contribution in [0.4, 0.5) is 0 Å². The van der Waals surface area contributed by atoms with Gasteiger partial charge in [-0.25, -0.2) is 0 Å². The van der Waals surface area contributed by atoms with Crippen molar-refractivity contribution in [2.24, 2.45) is 0 Å². The third-order valence-electron chi connectivity index (χ3n) is 3.55. The molecule has 0 aliphatic carbocycles. The lowest BCUT2D eigenvalue weighted by atomic mass is 9.91. The second-order valence-electron chi connectivity index (χ2n) is 4.77. The number of benzene rings is 1. The van der Waals surface area contributed by atoms with Crippen molar-refractivity contribution in [2.45, 2.75) is 37.1 Å². The van der Waals surface area contributed by atoms with E-state index in [2.05, 4.69) is 0 Å². The number of aliphatic hydroxyl groups excluding tert-OH is 3. The fraction of sp³-hybridized carbons (Fsp3) is 0.538. The summed E-state index contributed by atoms with van der Waals surface area (Å²) in [6.45, 7) is 0.0873. The maximum Gasteiger partial charge on any atom is 0.159 e. The van der Waals surface area contributed by atoms with Crippen molar-refractivity contribution in [1.29, 1.82) is 0 Å². The van der Waals surface area contributed by atoms with Crippen molar-refractivity contribution < 1.29 is 24.8 Å². The first-order valence-electron chi connectivity index (χ1n) is 6.06. The van der Waals surface area contributed by atoms with Crippen LogP contribution < -0.4 is 0 Å². The number of aliphatic hydroxyl groups is 3. The molecule has 5 atom stereocenters. The van der Waals surface area contributed by atoms with Crippen LogP contribution in [0.25, 0.3) is 0 Å². The van der Waals surface area contributed by atoms with E-state index in [9.17, 15) is 15.3 Å². The summed E-state index contributed by atoms with van der Waals surface area (Å²) in [5.41, 5.74) is 1.89. The van der Waals surface area contributed by atoms with Gasteiger partial charge in [0.15, 0.2) is 6.29 Å². The Hall–Kier alpha value is -0.980. The summed E-state index contributed by atoms with van der Waals surface area (Å²) in [5, 5.41) is 29.1. The minimum absolute atomic E-state index is 0.0873. The van der Waals surface area contributed by atoms with E-state index in [0.29, 0.717) is 6.42 Å². The van der Waals surface area contributed by atoms with E-state index >= 15 is 0 Å². The number of hydrogen-bond donors (Lipinski definition) is 3. The fourth-order valence-electron chi connectivity index (χ4n) is 2.62. The molecule has 0 saturated carbocycles. The molecule has 3 N–H and O–H groups in total. The van der Waals surface area contributed by atoms with Crippen molar-refractivity contribution in [3.8, 4) is 0 Å². The second-order valence-corrected chi connectivity index (χ2v) is 4.77. The molecule has 2 heterocycles. The molecule has 2 aliphatic heterocycles. The molecule has 0 amide bonds. The second kappa shape index (κ2) is 4.60. The molecule has 0 spiro atoms. The molecule has 5 unspecified atom stereocenters. The summed E-state index contributed by atoms with van der Waals surface area (Å²) in [4.78, 5) is 0. The third kappa shape index (κ3) is 1.94. The van der Waals surface area contributed by atoms with Crippen molar-refractivity contribution in [3.05, 3.63) is 35.4 Å². The maximum absolute atomic E-state index is 9.88. The van der Waals surface area contributed by atoms with E-state index in [4.69, 9.17) is 9.47 Å². The summed E-state index contributed by atoms with van der Waals surface area (Å²) >= 11 is 0. The first-order valence-corrected chi connectivity index (χ1v) is 6.06. The van der Waals surface area contributed by atoms with Crippen molar-refractivity contribution in [2.75, 3.05) is 6.61 Å². The highest BCUT2D eigenvalue weighted by Gasteiger charge is 2.43. The lowest BCUT2D eigenvalue weighted by Crippen LogP contribution is -2.39. The zero-order valence-corrected chi connectivity index (χ0v) is 9.77. The van der Waals surface area contributed by atoms with Crippen molar-refractivity contribution in [1.82, 2.24) is 0 Å². The van der Waals surface area contributed by atoms with Gasteiger partial charge in [-0.3, -0.25) is 0 Å². The number of rotatable bonds is 1. The molecule has 5 nitrogen and oxygen atoms in total. The van der Waals surface area contributed by atoms with Gasteiger partial charge < -0.3 is 24.8 Å². The Morgan fingerprint density at radius 2 is 1.89 bits per heavy atom. The van der Waals surface area contributed by atoms with Crippen LogP contribution in [0, 0.1) is 0 Å². The highest BCUT2D eigenvalue weighted by atomic mass is 16.6. The molecule has 18 heavy (non-hydrogen) atoms. The minimum atomic E-state index is -0.992. The SMILES string of the molecule is OC1Cc2ccccc2C(C2OCC(O)C2O)O1. The van der Waals surface area contributed by atoms with E-state index in [1.165, 1.54) is 0 Å². The van der Waals surface area contributed by atoms with Crippen LogP contribution in [0.3, 0.4) is 0 Å². The lowest BCUT2D eigenvalue weighted by Gasteiger charge is -2.33. The summed E-state index contributed by atoms with van der Waals surface area (Å²) in [7, 11) is 0. The third-order valence-corrected chi connectivity index (χ3v) is 3.55. The van der Waals surface area contributed by atoms with Gasteiger partial charge in [0.1, 0.15) is 24.4 Å². The molecule has 0 radical (unpaired) electrons. The van der Waals surface area contributed by atoms with E-state index in [-0.39, 0.29) is 6.61 Å². The van der Waals surface area contributed by atoms with E-state index in [1.807, 2.05) is 24.3 Å². The van der Waals surface area contributed by atoms with Gasteiger partial charge >= 0.3 is 0 Å². The van der Waals surface area contributed by atoms with Crippen LogP contribution in [0.1, 0.15) is 17.2 Å². The van der Waals surface area contributed by atoms with Gasteiger partial charge in [0.25, 0.3) is 0 Å². The Balaban J connectivity index is 1.93. The van der Waals surface area contributed by atoms with Crippen molar-refractivity contribution >= 4 is 0 Å². The van der Waals surface area contributed by atoms with Gasteiger partial charge in [-0.2, -0.15) is 0 Å². The molecular weight excluding hydrogens is 236 g/mol. The Morgan fingerprint density at radius 1 is 1.11 bits per heavy atom. The van der Waals surface area contributed by atoms with Crippen LogP contribution in [-0.2, 0) is 15.9 Å². The topological polar surface area (TPSA) is 79.2 Å². The smallest absolute Gasteiger partial charge is 0.159 e. The first kappa shape index (κ1) is 12.1. The Morgan fingerprint density at radius 3 is 2.61 bits per heavy atom. The molecular formula is C13H16O5. The molecule has 1 aromatic rings. The van der Waals surface area contributed by atoms with Gasteiger partial charge in [-0.05, 0) is 11.1 Å². The molecule has 0 bridgehead atoms. The molecule has 1 fully saturated rings. The standard InChI is InChI=1S/C13H16O5/c14-9-6-17-13(11(9)16)12-8-4-2-1-3-7(8)5-10(15)18-12/h1-4,9-16H,5-6H2. The van der Waals surface area contributed by atoms with Gasteiger partial charge in [0.2, 0.25) is 0 Å². The largest absolute Gasteiger partial charge is 0.388 e. The predicted molar refractivity (Wildman–Crippen MR) is 61.7 cm³/mol. The zero-order chi connectivity index (χ0) is 12.7. The lowest BCUT2D eigenvalue weighted by molar-refractivity contribution is -0.187. The molecule has 3 rings (SSSR count). The maximum atomic E-state index is 9.88. The molecule has 0 aromatic heterocycles. The number of hydrogen-bond acceptors (Lipinski definition) is 5. The van der Waals surface area contributed by atoms with Crippen LogP contribution in [0.5, 0.6) is 0 Å². The summed E-state index contributed by atoms with van der Waals surface area (Å²) < 4.78 is 10.9. The average molecular weight is 252 g/mol. The highest BCUT2D eigenvalue weighted by molar-refractivity contribution is 5.32. The normalized spacial score (nSPS) is 39.6. The van der Waals surface area contributed by atoms with Gasteiger partial charge in [0, 0.05) is 6.42 Å². The Bertz CT molecular complexity index is 435. The van der Waals surface area contributed by atoms with Gasteiger partial charge in [-0.15, -0.1) is 0 Å². The molecule has 5 heteroatoms. The quantitative estimate of drug-likeness (QED) is 0.642. The van der Waals surface area contributed by atoms with E-state index in [1.54, 1.807) is 0 Å². The average Bonchev–Trinajstić information content (AvgIpc) is 2.69. The number of fused-ring (bicyclic) bond motifs is 1. The Labute approximate surface area is 105 Å². The van der Waals surface area contributed by atoms with Crippen molar-refractivity contribution in [3.63, 3.8) is 0 Å². The van der Waals surface area contributed by atoms with Crippen LogP contribution in [-0.4, -0.2) is 46.5 Å². The summed E-state index contributed by atoms with van der Waals surface area (Å²) in [6, 6.07) is 7.60. The van der Waals surface area contributed by atoms with E-state index in [0.717, 1.165) is 11.1 Å². The van der Waals surface area contributed by atoms with Gasteiger partial charge in [0.05, 0.1) is 6.61 Å². The monoisotopic (exact) mass is 252 g/mol. The molecule has 2 aliphatic rings.